The molecular weight excluding hydrogens is 360 g/mol. The number of likely N-dealkylation sites (N-methyl/N-ethyl adjacent to an activating group) is 1. The first-order chi connectivity index (χ1) is 13.0. The molecule has 27 heavy (non-hydrogen) atoms. The van der Waals surface area contributed by atoms with Gasteiger partial charge in [-0.3, -0.25) is 4.79 Å². The van der Waals surface area contributed by atoms with E-state index in [0.29, 0.717) is 16.3 Å². The maximum Gasteiger partial charge on any atom is 0.253 e. The highest BCUT2D eigenvalue weighted by Gasteiger charge is 2.44. The lowest BCUT2D eigenvalue weighted by molar-refractivity contribution is 0.0766. The van der Waals surface area contributed by atoms with Gasteiger partial charge < -0.3 is 15.0 Å². The first kappa shape index (κ1) is 19.7. The lowest BCUT2D eigenvalue weighted by atomic mass is 9.82. The van der Waals surface area contributed by atoms with Crippen LogP contribution >= 0.6 is 11.6 Å². The number of ether oxygens (including phenoxy) is 1. The van der Waals surface area contributed by atoms with Crippen molar-refractivity contribution in [2.45, 2.75) is 37.3 Å². The van der Waals surface area contributed by atoms with Crippen LogP contribution in [0.1, 0.15) is 47.6 Å². The van der Waals surface area contributed by atoms with Gasteiger partial charge in [-0.1, -0.05) is 54.8 Å². The standard InChI is InChI=1S/C22H27ClN2O2/c1-25(2)22(13-7-8-14-22)20(16-9-5-4-6-10-16)24-21(26)18-15-17(27-3)11-12-19(18)23/h4-6,9-12,15,20H,7-8,13-14H2,1-3H3,(H,24,26). The lowest BCUT2D eigenvalue weighted by Gasteiger charge is -2.44. The minimum atomic E-state index is -0.180. The number of nitrogens with zero attached hydrogens (tertiary/aromatic N) is 1. The van der Waals surface area contributed by atoms with Crippen molar-refractivity contribution in [2.75, 3.05) is 21.2 Å². The zero-order valence-corrected chi connectivity index (χ0v) is 16.9. The molecule has 0 spiro atoms. The van der Waals surface area contributed by atoms with Gasteiger partial charge in [-0.2, -0.15) is 0 Å². The van der Waals surface area contributed by atoms with Crippen molar-refractivity contribution in [3.8, 4) is 5.75 Å². The van der Waals surface area contributed by atoms with Crippen molar-refractivity contribution < 1.29 is 9.53 Å². The summed E-state index contributed by atoms with van der Waals surface area (Å²) in [6.45, 7) is 0. The molecular formula is C22H27ClN2O2. The molecule has 1 N–H and O–H groups in total. The maximum atomic E-state index is 13.2. The number of rotatable bonds is 6. The molecule has 1 atom stereocenters. The van der Waals surface area contributed by atoms with E-state index in [1.54, 1.807) is 25.3 Å². The summed E-state index contributed by atoms with van der Waals surface area (Å²) in [4.78, 5) is 15.4. The van der Waals surface area contributed by atoms with Gasteiger partial charge >= 0.3 is 0 Å². The Morgan fingerprint density at radius 3 is 2.41 bits per heavy atom. The molecule has 0 saturated heterocycles. The Bertz CT molecular complexity index is 786. The summed E-state index contributed by atoms with van der Waals surface area (Å²) in [5.41, 5.74) is 1.44. The summed E-state index contributed by atoms with van der Waals surface area (Å²) in [6.07, 6.45) is 4.42. The van der Waals surface area contributed by atoms with Crippen LogP contribution in [-0.2, 0) is 0 Å². The van der Waals surface area contributed by atoms with Crippen molar-refractivity contribution in [3.05, 3.63) is 64.7 Å². The van der Waals surface area contributed by atoms with Gasteiger partial charge in [0.05, 0.1) is 23.7 Å². The van der Waals surface area contributed by atoms with Crippen LogP contribution in [0.25, 0.3) is 0 Å². The van der Waals surface area contributed by atoms with Gasteiger partial charge in [0.1, 0.15) is 5.75 Å². The molecule has 5 heteroatoms. The fraction of sp³-hybridized carbons (Fsp3) is 0.409. The molecule has 2 aromatic rings. The smallest absolute Gasteiger partial charge is 0.253 e. The van der Waals surface area contributed by atoms with Gasteiger partial charge in [0.2, 0.25) is 0 Å². The third kappa shape index (κ3) is 3.97. The molecule has 0 aliphatic heterocycles. The van der Waals surface area contributed by atoms with Crippen LogP contribution in [0.4, 0.5) is 0 Å². The van der Waals surface area contributed by atoms with Crippen molar-refractivity contribution in [1.29, 1.82) is 0 Å². The van der Waals surface area contributed by atoms with E-state index in [1.165, 1.54) is 0 Å². The van der Waals surface area contributed by atoms with Gasteiger partial charge in [0.25, 0.3) is 5.91 Å². The Kier molecular flexibility index (Phi) is 6.08. The molecule has 0 radical (unpaired) electrons. The zero-order valence-electron chi connectivity index (χ0n) is 16.2. The summed E-state index contributed by atoms with van der Waals surface area (Å²) in [6, 6.07) is 15.2. The van der Waals surface area contributed by atoms with E-state index in [-0.39, 0.29) is 17.5 Å². The highest BCUT2D eigenvalue weighted by atomic mass is 35.5. The Balaban J connectivity index is 1.98. The molecule has 144 valence electrons. The first-order valence-corrected chi connectivity index (χ1v) is 9.72. The maximum absolute atomic E-state index is 13.2. The summed E-state index contributed by atoms with van der Waals surface area (Å²) in [5, 5.41) is 3.71. The number of hydrogen-bond donors (Lipinski definition) is 1. The number of nitrogens with one attached hydrogen (secondary N) is 1. The second-order valence-electron chi connectivity index (χ2n) is 7.37. The molecule has 3 rings (SSSR count). The van der Waals surface area contributed by atoms with Crippen molar-refractivity contribution in [2.24, 2.45) is 0 Å². The lowest BCUT2D eigenvalue weighted by Crippen LogP contribution is -2.53. The Morgan fingerprint density at radius 2 is 1.81 bits per heavy atom. The molecule has 1 unspecified atom stereocenters. The van der Waals surface area contributed by atoms with E-state index >= 15 is 0 Å². The number of benzene rings is 2. The molecule has 0 heterocycles. The van der Waals surface area contributed by atoms with E-state index in [0.717, 1.165) is 31.2 Å². The minimum absolute atomic E-state index is 0.109. The van der Waals surface area contributed by atoms with Crippen LogP contribution in [0.2, 0.25) is 5.02 Å². The van der Waals surface area contributed by atoms with Crippen LogP contribution in [0.5, 0.6) is 5.75 Å². The number of carbonyl (C=O) groups is 1. The molecule has 0 bridgehead atoms. The summed E-state index contributed by atoms with van der Waals surface area (Å²) >= 11 is 6.31. The van der Waals surface area contributed by atoms with Crippen molar-refractivity contribution >= 4 is 17.5 Å². The van der Waals surface area contributed by atoms with Crippen LogP contribution in [0, 0.1) is 0 Å². The number of methoxy groups -OCH3 is 1. The fourth-order valence-electron chi connectivity index (χ4n) is 4.17. The third-order valence-electron chi connectivity index (χ3n) is 5.72. The Morgan fingerprint density at radius 1 is 1.15 bits per heavy atom. The van der Waals surface area contributed by atoms with E-state index < -0.39 is 0 Å². The van der Waals surface area contributed by atoms with Crippen molar-refractivity contribution in [1.82, 2.24) is 10.2 Å². The second kappa shape index (κ2) is 8.32. The molecule has 2 aromatic carbocycles. The number of halogens is 1. The van der Waals surface area contributed by atoms with Crippen LogP contribution in [0.15, 0.2) is 48.5 Å². The van der Waals surface area contributed by atoms with Crippen LogP contribution in [-0.4, -0.2) is 37.6 Å². The quantitative estimate of drug-likeness (QED) is 0.782. The van der Waals surface area contributed by atoms with Gasteiger partial charge in [-0.05, 0) is 50.7 Å². The van der Waals surface area contributed by atoms with Gasteiger partial charge in [-0.15, -0.1) is 0 Å². The normalized spacial score (nSPS) is 16.9. The van der Waals surface area contributed by atoms with E-state index in [1.807, 2.05) is 18.2 Å². The molecule has 1 aliphatic rings. The SMILES string of the molecule is COc1ccc(Cl)c(C(=O)NC(c2ccccc2)C2(N(C)C)CCCC2)c1. The molecule has 1 fully saturated rings. The van der Waals surface area contributed by atoms with Crippen LogP contribution in [0.3, 0.4) is 0 Å². The van der Waals surface area contributed by atoms with Crippen LogP contribution < -0.4 is 10.1 Å². The highest BCUT2D eigenvalue weighted by molar-refractivity contribution is 6.33. The minimum Gasteiger partial charge on any atom is -0.497 e. The number of hydrogen-bond acceptors (Lipinski definition) is 3. The van der Waals surface area contributed by atoms with Gasteiger partial charge in [0, 0.05) is 5.54 Å². The third-order valence-corrected chi connectivity index (χ3v) is 6.05. The monoisotopic (exact) mass is 386 g/mol. The molecule has 4 nitrogen and oxygen atoms in total. The molecule has 0 aromatic heterocycles. The van der Waals surface area contributed by atoms with E-state index in [9.17, 15) is 4.79 Å². The summed E-state index contributed by atoms with van der Waals surface area (Å²) in [5.74, 6) is 0.435. The van der Waals surface area contributed by atoms with Gasteiger partial charge in [0.15, 0.2) is 0 Å². The average molecular weight is 387 g/mol. The molecule has 1 saturated carbocycles. The number of amides is 1. The Hall–Kier alpha value is -2.04. The predicted octanol–water partition coefficient (Wildman–Crippen LogP) is 4.69. The van der Waals surface area contributed by atoms with E-state index in [4.69, 9.17) is 16.3 Å². The predicted molar refractivity (Wildman–Crippen MR) is 110 cm³/mol. The fourth-order valence-corrected chi connectivity index (χ4v) is 4.37. The van der Waals surface area contributed by atoms with E-state index in [2.05, 4.69) is 36.4 Å². The highest BCUT2D eigenvalue weighted by Crippen LogP contribution is 2.43. The summed E-state index contributed by atoms with van der Waals surface area (Å²) < 4.78 is 5.26. The van der Waals surface area contributed by atoms with Gasteiger partial charge in [-0.25, -0.2) is 0 Å². The van der Waals surface area contributed by atoms with Crippen molar-refractivity contribution in [3.63, 3.8) is 0 Å². The zero-order chi connectivity index (χ0) is 19.4. The topological polar surface area (TPSA) is 41.6 Å². The second-order valence-corrected chi connectivity index (χ2v) is 7.78. The molecule has 1 amide bonds. The largest absolute Gasteiger partial charge is 0.497 e. The Labute approximate surface area is 166 Å². The number of carbonyl (C=O) groups excluding carboxylic acids is 1. The average Bonchev–Trinajstić information content (AvgIpc) is 3.18. The first-order valence-electron chi connectivity index (χ1n) is 9.35. The summed E-state index contributed by atoms with van der Waals surface area (Å²) in [7, 11) is 5.79. The molecule has 1 aliphatic carbocycles.